The van der Waals surface area contributed by atoms with Gasteiger partial charge in [-0.05, 0) is 31.9 Å². The van der Waals surface area contributed by atoms with E-state index in [2.05, 4.69) is 6.07 Å². The van der Waals surface area contributed by atoms with E-state index >= 15 is 0 Å². The van der Waals surface area contributed by atoms with Crippen molar-refractivity contribution in [1.29, 1.82) is 5.26 Å². The molecule has 0 radical (unpaired) electrons. The van der Waals surface area contributed by atoms with Crippen LogP contribution >= 0.6 is 11.6 Å². The van der Waals surface area contributed by atoms with Crippen LogP contribution in [0.3, 0.4) is 0 Å². The van der Waals surface area contributed by atoms with Crippen LogP contribution in [0.4, 0.5) is 0 Å². The van der Waals surface area contributed by atoms with Gasteiger partial charge in [0.15, 0.2) is 0 Å². The third-order valence-electron chi connectivity index (χ3n) is 3.64. The fourth-order valence-corrected chi connectivity index (χ4v) is 2.56. The van der Waals surface area contributed by atoms with Gasteiger partial charge in [-0.25, -0.2) is 0 Å². The summed E-state index contributed by atoms with van der Waals surface area (Å²) in [5, 5.41) is 9.90. The molecule has 1 heterocycles. The van der Waals surface area contributed by atoms with Crippen molar-refractivity contribution in [3.05, 3.63) is 33.8 Å². The molecule has 1 aromatic rings. The maximum Gasteiger partial charge on any atom is 0.256 e. The molecule has 0 fully saturated rings. The van der Waals surface area contributed by atoms with Crippen molar-refractivity contribution in [3.8, 4) is 6.07 Å². The number of nitriles is 1. The number of benzene rings is 1. The monoisotopic (exact) mass is 262 g/mol. The molecule has 2 unspecified atom stereocenters. The zero-order chi connectivity index (χ0) is 13.4. The first-order chi connectivity index (χ1) is 8.52. The van der Waals surface area contributed by atoms with Gasteiger partial charge in [0, 0.05) is 16.6 Å². The Morgan fingerprint density at radius 1 is 1.56 bits per heavy atom. The van der Waals surface area contributed by atoms with Gasteiger partial charge in [-0.1, -0.05) is 24.6 Å². The van der Waals surface area contributed by atoms with Crippen molar-refractivity contribution < 1.29 is 4.79 Å². The lowest BCUT2D eigenvalue weighted by atomic mass is 10.0. The molecule has 3 nitrogen and oxygen atoms in total. The molecule has 1 aromatic carbocycles. The first-order valence-electron chi connectivity index (χ1n) is 6.04. The molecule has 94 valence electrons. The van der Waals surface area contributed by atoms with Crippen LogP contribution in [0.2, 0.25) is 5.02 Å². The van der Waals surface area contributed by atoms with Crippen molar-refractivity contribution in [1.82, 2.24) is 4.90 Å². The van der Waals surface area contributed by atoms with Crippen LogP contribution in [0.5, 0.6) is 0 Å². The number of carbonyl (C=O) groups excluding carboxylic acids is 1. The second-order valence-electron chi connectivity index (χ2n) is 4.64. The van der Waals surface area contributed by atoms with Gasteiger partial charge in [-0.15, -0.1) is 0 Å². The van der Waals surface area contributed by atoms with Gasteiger partial charge in [0.2, 0.25) is 0 Å². The van der Waals surface area contributed by atoms with Crippen LogP contribution < -0.4 is 0 Å². The normalized spacial score (nSPS) is 19.6. The Bertz CT molecular complexity index is 547. The van der Waals surface area contributed by atoms with E-state index in [1.54, 1.807) is 17.0 Å². The Morgan fingerprint density at radius 3 is 2.78 bits per heavy atom. The summed E-state index contributed by atoms with van der Waals surface area (Å²) in [7, 11) is 0. The molecular formula is C14H15ClN2O. The van der Waals surface area contributed by atoms with E-state index in [-0.39, 0.29) is 11.9 Å². The van der Waals surface area contributed by atoms with E-state index in [0.29, 0.717) is 10.6 Å². The first kappa shape index (κ1) is 12.9. The van der Waals surface area contributed by atoms with Crippen LogP contribution in [0.1, 0.15) is 47.8 Å². The van der Waals surface area contributed by atoms with Crippen molar-refractivity contribution >= 4 is 17.5 Å². The van der Waals surface area contributed by atoms with E-state index in [1.807, 2.05) is 20.8 Å². The highest BCUT2D eigenvalue weighted by molar-refractivity contribution is 6.32. The standard InChI is InChI=1S/C14H15ClN2O/c1-4-8(2)17-12(7-16)10-5-6-11(15)9(3)13(10)14(17)18/h5-6,8,12H,4H2,1-3H3. The summed E-state index contributed by atoms with van der Waals surface area (Å²) < 4.78 is 0. The minimum Gasteiger partial charge on any atom is -0.316 e. The van der Waals surface area contributed by atoms with Gasteiger partial charge < -0.3 is 4.90 Å². The van der Waals surface area contributed by atoms with E-state index in [9.17, 15) is 10.1 Å². The van der Waals surface area contributed by atoms with E-state index in [0.717, 1.165) is 17.5 Å². The first-order valence-corrected chi connectivity index (χ1v) is 6.42. The van der Waals surface area contributed by atoms with E-state index in [4.69, 9.17) is 11.6 Å². The van der Waals surface area contributed by atoms with Gasteiger partial charge in [0.1, 0.15) is 6.04 Å². The average molecular weight is 263 g/mol. The van der Waals surface area contributed by atoms with Gasteiger partial charge >= 0.3 is 0 Å². The number of carbonyl (C=O) groups is 1. The minimum atomic E-state index is -0.488. The van der Waals surface area contributed by atoms with Gasteiger partial charge in [0.25, 0.3) is 5.91 Å². The number of hydrogen-bond acceptors (Lipinski definition) is 2. The fraction of sp³-hybridized carbons (Fsp3) is 0.429. The second kappa shape index (κ2) is 4.62. The molecule has 1 amide bonds. The number of amides is 1. The van der Waals surface area contributed by atoms with Crippen LogP contribution in [0, 0.1) is 18.3 Å². The number of halogens is 1. The summed E-state index contributed by atoms with van der Waals surface area (Å²) in [5.74, 6) is -0.0779. The lowest BCUT2D eigenvalue weighted by Crippen LogP contribution is -2.35. The highest BCUT2D eigenvalue weighted by Crippen LogP contribution is 2.38. The van der Waals surface area contributed by atoms with Crippen LogP contribution in [-0.2, 0) is 0 Å². The molecule has 1 aliphatic heterocycles. The third-order valence-corrected chi connectivity index (χ3v) is 4.05. The maximum absolute atomic E-state index is 12.5. The predicted octanol–water partition coefficient (Wildman–Crippen LogP) is 3.47. The molecule has 2 atom stereocenters. The number of hydrogen-bond donors (Lipinski definition) is 0. The van der Waals surface area contributed by atoms with Gasteiger partial charge in [0.05, 0.1) is 11.6 Å². The zero-order valence-electron chi connectivity index (χ0n) is 10.7. The lowest BCUT2D eigenvalue weighted by Gasteiger charge is -2.26. The molecule has 0 aromatic heterocycles. The summed E-state index contributed by atoms with van der Waals surface area (Å²) in [6.45, 7) is 5.80. The lowest BCUT2D eigenvalue weighted by molar-refractivity contribution is 0.0684. The number of fused-ring (bicyclic) bond motifs is 1. The van der Waals surface area contributed by atoms with Crippen molar-refractivity contribution in [3.63, 3.8) is 0 Å². The molecule has 0 saturated carbocycles. The Labute approximate surface area is 112 Å². The fourth-order valence-electron chi connectivity index (χ4n) is 2.40. The topological polar surface area (TPSA) is 44.1 Å². The number of nitrogens with zero attached hydrogens (tertiary/aromatic N) is 2. The van der Waals surface area contributed by atoms with Crippen LogP contribution in [0.25, 0.3) is 0 Å². The maximum atomic E-state index is 12.5. The van der Waals surface area contributed by atoms with Crippen molar-refractivity contribution in [2.75, 3.05) is 0 Å². The average Bonchev–Trinajstić information content (AvgIpc) is 2.66. The van der Waals surface area contributed by atoms with Crippen LogP contribution in [0.15, 0.2) is 12.1 Å². The highest BCUT2D eigenvalue weighted by Gasteiger charge is 2.40. The molecule has 1 aliphatic rings. The summed E-state index contributed by atoms with van der Waals surface area (Å²) in [5.41, 5.74) is 2.16. The smallest absolute Gasteiger partial charge is 0.256 e. The Morgan fingerprint density at radius 2 is 2.22 bits per heavy atom. The predicted molar refractivity (Wildman–Crippen MR) is 70.5 cm³/mol. The molecule has 0 aliphatic carbocycles. The quantitative estimate of drug-likeness (QED) is 0.819. The van der Waals surface area contributed by atoms with Crippen molar-refractivity contribution in [2.45, 2.75) is 39.3 Å². The Hall–Kier alpha value is -1.53. The molecule has 0 saturated heterocycles. The summed E-state index contributed by atoms with van der Waals surface area (Å²) in [6, 6.07) is 5.33. The largest absolute Gasteiger partial charge is 0.316 e. The third kappa shape index (κ3) is 1.69. The molecular weight excluding hydrogens is 248 g/mol. The molecule has 0 N–H and O–H groups in total. The van der Waals surface area contributed by atoms with E-state index in [1.165, 1.54) is 0 Å². The summed E-state index contributed by atoms with van der Waals surface area (Å²) in [4.78, 5) is 14.1. The number of rotatable bonds is 2. The Balaban J connectivity index is 2.60. The molecule has 4 heteroatoms. The molecule has 18 heavy (non-hydrogen) atoms. The summed E-state index contributed by atoms with van der Waals surface area (Å²) in [6.07, 6.45) is 0.824. The van der Waals surface area contributed by atoms with Gasteiger partial charge in [-0.2, -0.15) is 5.26 Å². The van der Waals surface area contributed by atoms with E-state index < -0.39 is 6.04 Å². The molecule has 0 bridgehead atoms. The molecule has 0 spiro atoms. The van der Waals surface area contributed by atoms with Crippen molar-refractivity contribution in [2.24, 2.45) is 0 Å². The Kier molecular flexibility index (Phi) is 3.32. The zero-order valence-corrected chi connectivity index (χ0v) is 11.5. The highest BCUT2D eigenvalue weighted by atomic mass is 35.5. The molecule has 2 rings (SSSR count). The van der Waals surface area contributed by atoms with Crippen LogP contribution in [-0.4, -0.2) is 16.8 Å². The SMILES string of the molecule is CCC(C)N1C(=O)c2c(ccc(Cl)c2C)C1C#N. The second-order valence-corrected chi connectivity index (χ2v) is 5.05. The summed E-state index contributed by atoms with van der Waals surface area (Å²) >= 11 is 6.06. The minimum absolute atomic E-state index is 0.0488. The van der Waals surface area contributed by atoms with Gasteiger partial charge in [-0.3, -0.25) is 4.79 Å².